The summed E-state index contributed by atoms with van der Waals surface area (Å²) in [5.74, 6) is -0.0308. The van der Waals surface area contributed by atoms with E-state index in [2.05, 4.69) is 10.4 Å². The number of aryl methyl sites for hydroxylation is 1. The molecule has 1 amide bonds. The smallest absolute Gasteiger partial charge is 0.259 e. The Kier molecular flexibility index (Phi) is 5.30. The van der Waals surface area contributed by atoms with Crippen LogP contribution in [0.1, 0.15) is 15.9 Å². The van der Waals surface area contributed by atoms with Gasteiger partial charge in [-0.1, -0.05) is 24.3 Å². The van der Waals surface area contributed by atoms with Gasteiger partial charge in [-0.05, 0) is 61.0 Å². The number of halogens is 1. The van der Waals surface area contributed by atoms with Crippen LogP contribution < -0.4 is 10.1 Å². The van der Waals surface area contributed by atoms with Gasteiger partial charge in [0.25, 0.3) is 5.91 Å². The van der Waals surface area contributed by atoms with Gasteiger partial charge in [0.1, 0.15) is 17.3 Å². The summed E-state index contributed by atoms with van der Waals surface area (Å²) in [6.07, 6.45) is 1.68. The molecule has 0 radical (unpaired) electrons. The van der Waals surface area contributed by atoms with E-state index in [-0.39, 0.29) is 11.7 Å². The number of nitrogens with zero attached hydrogens (tertiary/aromatic N) is 2. The van der Waals surface area contributed by atoms with Crippen molar-refractivity contribution in [3.63, 3.8) is 0 Å². The Hall–Kier alpha value is -3.93. The van der Waals surface area contributed by atoms with E-state index in [1.165, 1.54) is 6.07 Å². The van der Waals surface area contributed by atoms with E-state index in [9.17, 15) is 9.18 Å². The van der Waals surface area contributed by atoms with Crippen LogP contribution in [0.25, 0.3) is 16.9 Å². The molecule has 0 unspecified atom stereocenters. The Morgan fingerprint density at radius 1 is 1.03 bits per heavy atom. The molecular weight excluding hydrogens is 381 g/mol. The van der Waals surface area contributed by atoms with Crippen LogP contribution in [-0.4, -0.2) is 22.8 Å². The fourth-order valence-electron chi connectivity index (χ4n) is 3.08. The van der Waals surface area contributed by atoms with Crippen LogP contribution in [0.4, 0.5) is 10.1 Å². The molecule has 4 aromatic rings. The van der Waals surface area contributed by atoms with Gasteiger partial charge in [0.15, 0.2) is 0 Å². The molecule has 1 aromatic heterocycles. The topological polar surface area (TPSA) is 56.2 Å². The molecule has 4 rings (SSSR count). The number of nitrogens with one attached hydrogen (secondary N) is 1. The van der Waals surface area contributed by atoms with Crippen molar-refractivity contribution in [2.24, 2.45) is 0 Å². The fourth-order valence-corrected chi connectivity index (χ4v) is 3.08. The van der Waals surface area contributed by atoms with E-state index in [4.69, 9.17) is 4.74 Å². The van der Waals surface area contributed by atoms with Crippen LogP contribution in [-0.2, 0) is 0 Å². The van der Waals surface area contributed by atoms with Crippen molar-refractivity contribution in [2.75, 3.05) is 12.4 Å². The monoisotopic (exact) mass is 401 g/mol. The SMILES string of the molecule is COc1ccc(-c2nn(-c3ccccc3)cc2C(=O)Nc2ccc(C)c(F)c2)cc1. The van der Waals surface area contributed by atoms with Gasteiger partial charge in [-0.3, -0.25) is 4.79 Å². The van der Waals surface area contributed by atoms with Crippen molar-refractivity contribution in [1.29, 1.82) is 0 Å². The van der Waals surface area contributed by atoms with E-state index in [1.807, 2.05) is 54.6 Å². The summed E-state index contributed by atoms with van der Waals surface area (Å²) in [6, 6.07) is 21.5. The van der Waals surface area contributed by atoms with E-state index in [1.54, 1.807) is 37.0 Å². The van der Waals surface area contributed by atoms with E-state index in [0.29, 0.717) is 28.3 Å². The largest absolute Gasteiger partial charge is 0.497 e. The summed E-state index contributed by atoms with van der Waals surface area (Å²) in [5, 5.41) is 7.41. The Bertz CT molecular complexity index is 1190. The number of ether oxygens (including phenoxy) is 1. The maximum atomic E-state index is 13.9. The highest BCUT2D eigenvalue weighted by molar-refractivity contribution is 6.08. The molecule has 0 atom stereocenters. The third kappa shape index (κ3) is 3.93. The summed E-state index contributed by atoms with van der Waals surface area (Å²) in [7, 11) is 1.60. The first-order valence-electron chi connectivity index (χ1n) is 9.42. The summed E-state index contributed by atoms with van der Waals surface area (Å²) in [6.45, 7) is 1.67. The van der Waals surface area contributed by atoms with Crippen LogP contribution in [0.3, 0.4) is 0 Å². The average molecular weight is 401 g/mol. The second kappa shape index (κ2) is 8.21. The van der Waals surface area contributed by atoms with Crippen molar-refractivity contribution in [1.82, 2.24) is 9.78 Å². The van der Waals surface area contributed by atoms with Gasteiger partial charge in [0.2, 0.25) is 0 Å². The van der Waals surface area contributed by atoms with Gasteiger partial charge < -0.3 is 10.1 Å². The van der Waals surface area contributed by atoms with Crippen molar-refractivity contribution in [2.45, 2.75) is 6.92 Å². The number of anilines is 1. The third-order valence-corrected chi connectivity index (χ3v) is 4.77. The van der Waals surface area contributed by atoms with Gasteiger partial charge in [-0.25, -0.2) is 9.07 Å². The number of methoxy groups -OCH3 is 1. The van der Waals surface area contributed by atoms with E-state index < -0.39 is 0 Å². The third-order valence-electron chi connectivity index (χ3n) is 4.77. The first-order chi connectivity index (χ1) is 14.5. The highest BCUT2D eigenvalue weighted by Gasteiger charge is 2.19. The molecule has 0 fully saturated rings. The van der Waals surface area contributed by atoms with Crippen molar-refractivity contribution in [3.05, 3.63) is 95.9 Å². The van der Waals surface area contributed by atoms with Gasteiger partial charge in [0.05, 0.1) is 18.4 Å². The summed E-state index contributed by atoms with van der Waals surface area (Å²) >= 11 is 0. The molecule has 0 saturated carbocycles. The lowest BCUT2D eigenvalue weighted by molar-refractivity contribution is 0.102. The maximum Gasteiger partial charge on any atom is 0.259 e. The zero-order valence-corrected chi connectivity index (χ0v) is 16.6. The minimum absolute atomic E-state index is 0.369. The molecular formula is C24H20FN3O2. The Morgan fingerprint density at radius 2 is 1.77 bits per heavy atom. The van der Waals surface area contributed by atoms with Crippen molar-refractivity contribution in [3.8, 4) is 22.7 Å². The predicted molar refractivity (Wildman–Crippen MR) is 115 cm³/mol. The molecule has 0 saturated heterocycles. The number of aromatic nitrogens is 2. The van der Waals surface area contributed by atoms with Crippen LogP contribution in [0.15, 0.2) is 79.0 Å². The molecule has 6 heteroatoms. The minimum atomic E-state index is -0.372. The van der Waals surface area contributed by atoms with Gasteiger partial charge >= 0.3 is 0 Å². The number of carbonyl (C=O) groups excluding carboxylic acids is 1. The predicted octanol–water partition coefficient (Wildman–Crippen LogP) is 5.25. The number of amides is 1. The Morgan fingerprint density at radius 3 is 2.43 bits per heavy atom. The van der Waals surface area contributed by atoms with Crippen LogP contribution in [0, 0.1) is 12.7 Å². The Labute approximate surface area is 173 Å². The lowest BCUT2D eigenvalue weighted by Gasteiger charge is -2.07. The van der Waals surface area contributed by atoms with Gasteiger partial charge in [-0.2, -0.15) is 5.10 Å². The molecule has 1 heterocycles. The lowest BCUT2D eigenvalue weighted by Crippen LogP contribution is -2.12. The number of para-hydroxylation sites is 1. The van der Waals surface area contributed by atoms with Crippen LogP contribution >= 0.6 is 0 Å². The number of benzene rings is 3. The number of carbonyl (C=O) groups is 1. The highest BCUT2D eigenvalue weighted by Crippen LogP contribution is 2.27. The maximum absolute atomic E-state index is 13.9. The molecule has 30 heavy (non-hydrogen) atoms. The first-order valence-corrected chi connectivity index (χ1v) is 9.42. The summed E-state index contributed by atoms with van der Waals surface area (Å²) < 4.78 is 20.8. The average Bonchev–Trinajstić information content (AvgIpc) is 3.23. The minimum Gasteiger partial charge on any atom is -0.497 e. The quantitative estimate of drug-likeness (QED) is 0.497. The number of hydrogen-bond donors (Lipinski definition) is 1. The van der Waals surface area contributed by atoms with Crippen molar-refractivity contribution < 1.29 is 13.9 Å². The summed E-state index contributed by atoms with van der Waals surface area (Å²) in [4.78, 5) is 13.1. The molecule has 5 nitrogen and oxygen atoms in total. The van der Waals surface area contributed by atoms with Crippen molar-refractivity contribution >= 4 is 11.6 Å². The lowest BCUT2D eigenvalue weighted by atomic mass is 10.1. The molecule has 150 valence electrons. The molecule has 0 bridgehead atoms. The fraction of sp³-hybridized carbons (Fsp3) is 0.0833. The van der Waals surface area contributed by atoms with Crippen LogP contribution in [0.2, 0.25) is 0 Å². The standard InChI is InChI=1S/C24H20FN3O2/c1-16-8-11-18(14-22(16)25)26-24(29)21-15-28(19-6-4-3-5-7-19)27-23(21)17-9-12-20(30-2)13-10-17/h3-15H,1-2H3,(H,26,29). The molecule has 0 aliphatic rings. The van der Waals surface area contributed by atoms with Gasteiger partial charge in [0, 0.05) is 17.4 Å². The van der Waals surface area contributed by atoms with E-state index >= 15 is 0 Å². The zero-order chi connectivity index (χ0) is 21.1. The normalized spacial score (nSPS) is 10.6. The highest BCUT2D eigenvalue weighted by atomic mass is 19.1. The van der Waals surface area contributed by atoms with Crippen LogP contribution in [0.5, 0.6) is 5.75 Å². The Balaban J connectivity index is 1.74. The number of hydrogen-bond acceptors (Lipinski definition) is 3. The van der Waals surface area contributed by atoms with Gasteiger partial charge in [-0.15, -0.1) is 0 Å². The zero-order valence-electron chi connectivity index (χ0n) is 16.6. The summed E-state index contributed by atoms with van der Waals surface area (Å²) in [5.41, 5.74) is 3.40. The molecule has 1 N–H and O–H groups in total. The molecule has 0 spiro atoms. The second-order valence-electron chi connectivity index (χ2n) is 6.82. The molecule has 0 aliphatic heterocycles. The van der Waals surface area contributed by atoms with E-state index in [0.717, 1.165) is 11.3 Å². The molecule has 3 aromatic carbocycles. The second-order valence-corrected chi connectivity index (χ2v) is 6.82. The number of rotatable bonds is 5. The first kappa shape index (κ1) is 19.4. The molecule has 0 aliphatic carbocycles.